The number of hydrogen-bond acceptors (Lipinski definition) is 8. The Bertz CT molecular complexity index is 1780. The predicted molar refractivity (Wildman–Crippen MR) is 184 cm³/mol. The van der Waals surface area contributed by atoms with E-state index in [0.717, 1.165) is 73.4 Å². The molecule has 0 amide bonds. The summed E-state index contributed by atoms with van der Waals surface area (Å²) in [4.78, 5) is 13.3. The summed E-state index contributed by atoms with van der Waals surface area (Å²) in [5, 5.41) is 3.72. The van der Waals surface area contributed by atoms with E-state index >= 15 is 0 Å². The molecule has 2 saturated carbocycles. The van der Waals surface area contributed by atoms with Crippen LogP contribution in [0.1, 0.15) is 50.1 Å². The molecule has 7 rings (SSSR count). The topological polar surface area (TPSA) is 112 Å². The van der Waals surface area contributed by atoms with Crippen molar-refractivity contribution in [3.05, 3.63) is 47.7 Å². The molecular formula is C35H47F3N7O3Si+. The summed E-state index contributed by atoms with van der Waals surface area (Å²) in [6.07, 6.45) is 4.38. The van der Waals surface area contributed by atoms with E-state index in [1.807, 2.05) is 30.7 Å². The van der Waals surface area contributed by atoms with Gasteiger partial charge in [0.1, 0.15) is 35.8 Å². The Morgan fingerprint density at radius 3 is 2.67 bits per heavy atom. The smallest absolute Gasteiger partial charge is 0.383 e. The molecule has 14 heteroatoms. The summed E-state index contributed by atoms with van der Waals surface area (Å²) in [5.74, 6) is 2.53. The third-order valence-electron chi connectivity index (χ3n) is 10.2. The second-order valence-corrected chi connectivity index (χ2v) is 21.4. The van der Waals surface area contributed by atoms with Gasteiger partial charge in [0, 0.05) is 40.0 Å². The van der Waals surface area contributed by atoms with Crippen LogP contribution in [-0.4, -0.2) is 75.6 Å². The maximum absolute atomic E-state index is 13.5. The Kier molecular flexibility index (Phi) is 9.00. The van der Waals surface area contributed by atoms with Crippen molar-refractivity contribution in [3.8, 4) is 0 Å². The van der Waals surface area contributed by atoms with Crippen LogP contribution in [0.15, 0.2) is 30.7 Å². The Morgan fingerprint density at radius 1 is 1.12 bits per heavy atom. The molecule has 1 saturated heterocycles. The Labute approximate surface area is 286 Å². The summed E-state index contributed by atoms with van der Waals surface area (Å²) in [6, 6.07) is 4.85. The van der Waals surface area contributed by atoms with Gasteiger partial charge < -0.3 is 29.8 Å². The quantitative estimate of drug-likeness (QED) is 0.138. The Balaban J connectivity index is 0.967. The monoisotopic (exact) mass is 698 g/mol. The lowest BCUT2D eigenvalue weighted by Gasteiger charge is -2.36. The van der Waals surface area contributed by atoms with Crippen molar-refractivity contribution >= 4 is 42.5 Å². The van der Waals surface area contributed by atoms with E-state index in [2.05, 4.69) is 39.5 Å². The normalized spacial score (nSPS) is 27.6. The number of nitrogens with one attached hydrogen (secondary N) is 1. The van der Waals surface area contributed by atoms with Crippen molar-refractivity contribution in [2.24, 2.45) is 17.8 Å². The second kappa shape index (κ2) is 12.9. The van der Waals surface area contributed by atoms with Crippen LogP contribution in [-0.2, 0) is 33.5 Å². The largest absolute Gasteiger partial charge is 0.416 e. The SMILES string of the molecule is CC1(C)OC2C(=[N+]3C=Cc4c(N)ncnc43)CC(CNCC3CC(Cc4nc5cc(C(F)(F)F)ccc5n4COCC[Si](C)(C)C)C3)C2O1. The number of alkyl halides is 3. The number of imidazole rings is 1. The van der Waals surface area contributed by atoms with Crippen LogP contribution in [0.5, 0.6) is 0 Å². The van der Waals surface area contributed by atoms with Gasteiger partial charge in [-0.15, -0.1) is 0 Å². The van der Waals surface area contributed by atoms with E-state index in [1.165, 1.54) is 12.4 Å². The molecule has 4 aliphatic rings. The average molecular weight is 699 g/mol. The first kappa shape index (κ1) is 34.3. The molecule has 2 aliphatic carbocycles. The van der Waals surface area contributed by atoms with Gasteiger partial charge in [-0.25, -0.2) is 9.56 Å². The van der Waals surface area contributed by atoms with E-state index in [1.54, 1.807) is 0 Å². The van der Waals surface area contributed by atoms with Crippen molar-refractivity contribution in [1.82, 2.24) is 24.8 Å². The minimum Gasteiger partial charge on any atom is -0.383 e. The molecule has 10 nitrogen and oxygen atoms in total. The molecule has 0 spiro atoms. The lowest BCUT2D eigenvalue weighted by molar-refractivity contribution is -0.365. The number of nitrogens with two attached hydrogens (primary N) is 1. The van der Waals surface area contributed by atoms with Gasteiger partial charge in [-0.05, 0) is 80.4 Å². The molecule has 2 aromatic heterocycles. The van der Waals surface area contributed by atoms with E-state index in [9.17, 15) is 13.2 Å². The first-order chi connectivity index (χ1) is 23.1. The Morgan fingerprint density at radius 2 is 1.92 bits per heavy atom. The summed E-state index contributed by atoms with van der Waals surface area (Å²) in [6.45, 7) is 13.4. The molecule has 1 aromatic carbocycles. The number of benzene rings is 1. The van der Waals surface area contributed by atoms with Gasteiger partial charge in [0.15, 0.2) is 5.79 Å². The highest BCUT2D eigenvalue weighted by Gasteiger charge is 2.54. The lowest BCUT2D eigenvalue weighted by Crippen LogP contribution is -2.38. The summed E-state index contributed by atoms with van der Waals surface area (Å²) < 4.78 is 63.3. The van der Waals surface area contributed by atoms with Crippen molar-refractivity contribution < 1.29 is 32.0 Å². The summed E-state index contributed by atoms with van der Waals surface area (Å²) in [5.41, 5.74) is 8.42. The number of rotatable bonds is 11. The average Bonchev–Trinajstić information content (AvgIpc) is 3.73. The standard InChI is InChI=1S/C35H47F3N7O3Si/c1-34(2)47-30-23(15-28(31(30)48-34)44-9-8-25-32(39)41-19-42-33(25)44)18-40-17-22-12-21(13-22)14-29-43-26-16-24(35(36,37)38)6-7-27(26)45(29)20-46-10-11-49(3,4)5/h6-9,16,19,21-23,30-31,40H,10-15,17-18,20H2,1-5H3,(H2,39,41,42)/q+1. The fourth-order valence-electron chi connectivity index (χ4n) is 7.65. The van der Waals surface area contributed by atoms with Crippen molar-refractivity contribution in [3.63, 3.8) is 0 Å². The van der Waals surface area contributed by atoms with Gasteiger partial charge in [0.05, 0.1) is 28.9 Å². The first-order valence-corrected chi connectivity index (χ1v) is 21.0. The summed E-state index contributed by atoms with van der Waals surface area (Å²) >= 11 is 0. The number of hydrogen-bond donors (Lipinski definition) is 2. The number of nitrogen functional groups attached to an aromatic ring is 1. The minimum atomic E-state index is -4.41. The maximum Gasteiger partial charge on any atom is 0.416 e. The number of aromatic nitrogens is 4. The van der Waals surface area contributed by atoms with E-state index in [0.29, 0.717) is 48.4 Å². The molecule has 3 fully saturated rings. The highest BCUT2D eigenvalue weighted by molar-refractivity contribution is 6.76. The molecule has 264 valence electrons. The van der Waals surface area contributed by atoms with E-state index in [4.69, 9.17) is 24.9 Å². The van der Waals surface area contributed by atoms with E-state index in [-0.39, 0.29) is 18.1 Å². The predicted octanol–water partition coefficient (Wildman–Crippen LogP) is 6.21. The molecule has 49 heavy (non-hydrogen) atoms. The first-order valence-electron chi connectivity index (χ1n) is 17.3. The number of anilines is 1. The number of halogens is 3. The van der Waals surface area contributed by atoms with Crippen LogP contribution < -0.4 is 11.1 Å². The summed E-state index contributed by atoms with van der Waals surface area (Å²) in [7, 11) is -1.27. The zero-order chi connectivity index (χ0) is 34.7. The third-order valence-corrected chi connectivity index (χ3v) is 11.9. The van der Waals surface area contributed by atoms with Gasteiger partial charge >= 0.3 is 12.0 Å². The van der Waals surface area contributed by atoms with Crippen LogP contribution in [0.2, 0.25) is 25.7 Å². The van der Waals surface area contributed by atoms with Crippen molar-refractivity contribution in [2.45, 2.75) is 96.1 Å². The van der Waals surface area contributed by atoms with Crippen molar-refractivity contribution in [1.29, 1.82) is 0 Å². The highest BCUT2D eigenvalue weighted by atomic mass is 28.3. The third kappa shape index (κ3) is 7.20. The maximum atomic E-state index is 13.5. The Hall–Kier alpha value is -3.17. The zero-order valence-electron chi connectivity index (χ0n) is 28.9. The van der Waals surface area contributed by atoms with Crippen LogP contribution in [0.4, 0.5) is 24.8 Å². The molecule has 3 N–H and O–H groups in total. The lowest BCUT2D eigenvalue weighted by atomic mass is 9.73. The molecule has 3 aromatic rings. The number of nitrogens with zero attached hydrogens (tertiary/aromatic N) is 5. The van der Waals surface area contributed by atoms with Gasteiger partial charge in [0.2, 0.25) is 6.33 Å². The van der Waals surface area contributed by atoms with Gasteiger partial charge in [-0.3, -0.25) is 0 Å². The molecule has 2 aliphatic heterocycles. The van der Waals surface area contributed by atoms with E-state index < -0.39 is 25.6 Å². The fourth-order valence-corrected chi connectivity index (χ4v) is 8.40. The van der Waals surface area contributed by atoms with Gasteiger partial charge in [-0.2, -0.15) is 18.2 Å². The molecule has 0 bridgehead atoms. The van der Waals surface area contributed by atoms with Crippen LogP contribution >= 0.6 is 0 Å². The molecule has 4 heterocycles. The second-order valence-electron chi connectivity index (χ2n) is 15.7. The molecule has 0 radical (unpaired) electrons. The molecule has 3 unspecified atom stereocenters. The minimum absolute atomic E-state index is 0.0675. The van der Waals surface area contributed by atoms with Crippen molar-refractivity contribution in [2.75, 3.05) is 25.4 Å². The fraction of sp³-hybridized carbons (Fsp3) is 0.600. The van der Waals surface area contributed by atoms with Gasteiger partial charge in [0.25, 0.3) is 0 Å². The van der Waals surface area contributed by atoms with Crippen LogP contribution in [0, 0.1) is 17.8 Å². The molecular weight excluding hydrogens is 652 g/mol. The molecule has 3 atom stereocenters. The van der Waals surface area contributed by atoms with Gasteiger partial charge in [-0.1, -0.05) is 19.6 Å². The zero-order valence-corrected chi connectivity index (χ0v) is 29.9. The number of fused-ring (bicyclic) bond motifs is 3. The highest BCUT2D eigenvalue weighted by Crippen LogP contribution is 2.42. The number of ether oxygens (including phenoxy) is 3. The van der Waals surface area contributed by atoms with Crippen LogP contribution in [0.25, 0.3) is 17.1 Å². The van der Waals surface area contributed by atoms with Crippen LogP contribution in [0.3, 0.4) is 0 Å².